The zero-order valence-corrected chi connectivity index (χ0v) is 12.5. The molecule has 3 rings (SSSR count). The number of nitrogens with one attached hydrogen (secondary N) is 1. The van der Waals surface area contributed by atoms with Gasteiger partial charge in [0.2, 0.25) is 5.91 Å². The number of amides is 1. The van der Waals surface area contributed by atoms with E-state index in [9.17, 15) is 9.18 Å². The molecule has 1 fully saturated rings. The normalized spacial score (nSPS) is 14.1. The van der Waals surface area contributed by atoms with E-state index in [1.165, 1.54) is 23.9 Å². The van der Waals surface area contributed by atoms with Gasteiger partial charge in [-0.15, -0.1) is 11.3 Å². The second-order valence-electron chi connectivity index (χ2n) is 5.32. The van der Waals surface area contributed by atoms with Gasteiger partial charge in [-0.25, -0.2) is 9.37 Å². The van der Waals surface area contributed by atoms with E-state index in [0.717, 1.165) is 5.69 Å². The third-order valence-corrected chi connectivity index (χ3v) is 4.60. The number of nitrogens with zero attached hydrogens (tertiary/aromatic N) is 1. The van der Waals surface area contributed by atoms with Gasteiger partial charge in [0, 0.05) is 17.7 Å². The molecule has 1 aromatic heterocycles. The Kier molecular flexibility index (Phi) is 4.29. The molecule has 2 aromatic rings. The van der Waals surface area contributed by atoms with Crippen molar-refractivity contribution in [3.63, 3.8) is 0 Å². The summed E-state index contributed by atoms with van der Waals surface area (Å²) in [5.41, 5.74) is 1.50. The zero-order chi connectivity index (χ0) is 14.7. The maximum Gasteiger partial charge on any atom is 0.220 e. The molecule has 0 saturated heterocycles. The van der Waals surface area contributed by atoms with Gasteiger partial charge in [-0.2, -0.15) is 0 Å². The molecule has 1 N–H and O–H groups in total. The highest BCUT2D eigenvalue weighted by Gasteiger charge is 2.26. The fraction of sp³-hybridized carbons (Fsp3) is 0.375. The topological polar surface area (TPSA) is 42.0 Å². The molecule has 0 bridgehead atoms. The highest BCUT2D eigenvalue weighted by molar-refractivity contribution is 7.09. The fourth-order valence-corrected chi connectivity index (χ4v) is 3.14. The van der Waals surface area contributed by atoms with Crippen LogP contribution in [-0.4, -0.2) is 10.9 Å². The number of halogens is 1. The molecule has 1 amide bonds. The van der Waals surface area contributed by atoms with Gasteiger partial charge < -0.3 is 5.32 Å². The SMILES string of the molecule is O=C(CCc1ccccc1F)NCc1csc(C2CC2)n1. The van der Waals surface area contributed by atoms with E-state index in [0.29, 0.717) is 30.9 Å². The second kappa shape index (κ2) is 6.35. The van der Waals surface area contributed by atoms with E-state index in [1.54, 1.807) is 29.5 Å². The number of rotatable bonds is 6. The molecular weight excluding hydrogens is 287 g/mol. The van der Waals surface area contributed by atoms with E-state index in [4.69, 9.17) is 0 Å². The molecule has 0 atom stereocenters. The number of carbonyl (C=O) groups is 1. The maximum atomic E-state index is 13.4. The standard InChI is InChI=1S/C16H17FN2OS/c17-14-4-2-1-3-11(14)7-8-15(20)18-9-13-10-21-16(19-13)12-5-6-12/h1-4,10,12H,5-9H2,(H,18,20). The average molecular weight is 304 g/mol. The van der Waals surface area contributed by atoms with Crippen molar-refractivity contribution in [3.05, 3.63) is 51.7 Å². The molecule has 1 aromatic carbocycles. The van der Waals surface area contributed by atoms with Crippen LogP contribution in [0.1, 0.15) is 41.4 Å². The smallest absolute Gasteiger partial charge is 0.220 e. The predicted octanol–water partition coefficient (Wildman–Crippen LogP) is 3.41. The molecule has 110 valence electrons. The molecule has 1 saturated carbocycles. The van der Waals surface area contributed by atoms with Crippen molar-refractivity contribution in [3.8, 4) is 0 Å². The van der Waals surface area contributed by atoms with Crippen molar-refractivity contribution in [1.82, 2.24) is 10.3 Å². The zero-order valence-electron chi connectivity index (χ0n) is 11.6. The highest BCUT2D eigenvalue weighted by atomic mass is 32.1. The number of hydrogen-bond acceptors (Lipinski definition) is 3. The van der Waals surface area contributed by atoms with Gasteiger partial charge in [0.1, 0.15) is 5.82 Å². The van der Waals surface area contributed by atoms with Crippen molar-refractivity contribution in [2.75, 3.05) is 0 Å². The summed E-state index contributed by atoms with van der Waals surface area (Å²) in [6.07, 6.45) is 3.19. The summed E-state index contributed by atoms with van der Waals surface area (Å²) in [5, 5.41) is 6.03. The van der Waals surface area contributed by atoms with Gasteiger partial charge in [0.25, 0.3) is 0 Å². The fourth-order valence-electron chi connectivity index (χ4n) is 2.15. The van der Waals surface area contributed by atoms with Gasteiger partial charge in [0.15, 0.2) is 0 Å². The Hall–Kier alpha value is -1.75. The number of aromatic nitrogens is 1. The lowest BCUT2D eigenvalue weighted by Gasteiger charge is -2.04. The predicted molar refractivity (Wildman–Crippen MR) is 80.7 cm³/mol. The highest BCUT2D eigenvalue weighted by Crippen LogP contribution is 2.41. The number of carbonyl (C=O) groups excluding carboxylic acids is 1. The van der Waals surface area contributed by atoms with E-state index in [1.807, 2.05) is 5.38 Å². The molecule has 5 heteroatoms. The molecule has 0 aliphatic heterocycles. The van der Waals surface area contributed by atoms with Crippen molar-refractivity contribution in [2.24, 2.45) is 0 Å². The molecule has 0 unspecified atom stereocenters. The van der Waals surface area contributed by atoms with Crippen molar-refractivity contribution >= 4 is 17.2 Å². The maximum absolute atomic E-state index is 13.4. The number of thiazole rings is 1. The van der Waals surface area contributed by atoms with Crippen LogP contribution in [0.3, 0.4) is 0 Å². The Morgan fingerprint density at radius 2 is 2.19 bits per heavy atom. The summed E-state index contributed by atoms with van der Waals surface area (Å²) >= 11 is 1.67. The third kappa shape index (κ3) is 3.88. The van der Waals surface area contributed by atoms with Gasteiger partial charge in [-0.3, -0.25) is 4.79 Å². The summed E-state index contributed by atoms with van der Waals surface area (Å²) in [6, 6.07) is 6.57. The summed E-state index contributed by atoms with van der Waals surface area (Å²) in [4.78, 5) is 16.3. The Morgan fingerprint density at radius 1 is 1.38 bits per heavy atom. The van der Waals surface area contributed by atoms with Crippen molar-refractivity contribution < 1.29 is 9.18 Å². The summed E-state index contributed by atoms with van der Waals surface area (Å²) < 4.78 is 13.4. The lowest BCUT2D eigenvalue weighted by atomic mass is 10.1. The minimum Gasteiger partial charge on any atom is -0.350 e. The molecule has 0 radical (unpaired) electrons. The first kappa shape index (κ1) is 14.2. The summed E-state index contributed by atoms with van der Waals surface area (Å²) in [5.74, 6) is 0.332. The van der Waals surface area contributed by atoms with Gasteiger partial charge >= 0.3 is 0 Å². The van der Waals surface area contributed by atoms with Crippen LogP contribution in [0.25, 0.3) is 0 Å². The number of aryl methyl sites for hydroxylation is 1. The van der Waals surface area contributed by atoms with E-state index < -0.39 is 0 Å². The minimum atomic E-state index is -0.251. The molecule has 0 spiro atoms. The van der Waals surface area contributed by atoms with Gasteiger partial charge in [-0.1, -0.05) is 18.2 Å². The number of benzene rings is 1. The van der Waals surface area contributed by atoms with Crippen molar-refractivity contribution in [1.29, 1.82) is 0 Å². The molecule has 1 aliphatic carbocycles. The molecule has 3 nitrogen and oxygen atoms in total. The second-order valence-corrected chi connectivity index (χ2v) is 6.21. The molecule has 1 heterocycles. The van der Waals surface area contributed by atoms with Crippen LogP contribution in [0.15, 0.2) is 29.6 Å². The molecule has 1 aliphatic rings. The van der Waals surface area contributed by atoms with Gasteiger partial charge in [0.05, 0.1) is 17.2 Å². The van der Waals surface area contributed by atoms with Crippen LogP contribution in [-0.2, 0) is 17.8 Å². The van der Waals surface area contributed by atoms with E-state index in [2.05, 4.69) is 10.3 Å². The monoisotopic (exact) mass is 304 g/mol. The average Bonchev–Trinajstić information content (AvgIpc) is 3.23. The van der Waals surface area contributed by atoms with E-state index in [-0.39, 0.29) is 11.7 Å². The first-order valence-electron chi connectivity index (χ1n) is 7.17. The van der Waals surface area contributed by atoms with Crippen LogP contribution >= 0.6 is 11.3 Å². The van der Waals surface area contributed by atoms with Crippen LogP contribution in [0.4, 0.5) is 4.39 Å². The quantitative estimate of drug-likeness (QED) is 0.888. The summed E-state index contributed by atoms with van der Waals surface area (Å²) in [6.45, 7) is 0.458. The lowest BCUT2D eigenvalue weighted by molar-refractivity contribution is -0.121. The first-order valence-corrected chi connectivity index (χ1v) is 8.05. The van der Waals surface area contributed by atoms with Crippen LogP contribution < -0.4 is 5.32 Å². The number of hydrogen-bond donors (Lipinski definition) is 1. The van der Waals surface area contributed by atoms with Gasteiger partial charge in [-0.05, 0) is 30.9 Å². The van der Waals surface area contributed by atoms with Crippen molar-refractivity contribution in [2.45, 2.75) is 38.1 Å². The Balaban J connectivity index is 1.44. The van der Waals surface area contributed by atoms with Crippen LogP contribution in [0, 0.1) is 5.82 Å². The molecular formula is C16H17FN2OS. The largest absolute Gasteiger partial charge is 0.350 e. The van der Waals surface area contributed by atoms with Crippen LogP contribution in [0.2, 0.25) is 0 Å². The Labute approximate surface area is 127 Å². The summed E-state index contributed by atoms with van der Waals surface area (Å²) in [7, 11) is 0. The Bertz CT molecular complexity index is 637. The third-order valence-electron chi connectivity index (χ3n) is 3.54. The minimum absolute atomic E-state index is 0.0702. The van der Waals surface area contributed by atoms with E-state index >= 15 is 0 Å². The first-order chi connectivity index (χ1) is 10.2. The Morgan fingerprint density at radius 3 is 2.95 bits per heavy atom. The molecule has 21 heavy (non-hydrogen) atoms. The lowest BCUT2D eigenvalue weighted by Crippen LogP contribution is -2.23. The van der Waals surface area contributed by atoms with Crippen LogP contribution in [0.5, 0.6) is 0 Å².